The molecule has 0 aliphatic rings. The topological polar surface area (TPSA) is 12.9 Å². The quantitative estimate of drug-likeness (QED) is 0.733. The molecule has 1 heterocycles. The summed E-state index contributed by atoms with van der Waals surface area (Å²) in [5, 5.41) is 2.53. The molecule has 0 bridgehead atoms. The van der Waals surface area contributed by atoms with E-state index in [9.17, 15) is 8.78 Å². The van der Waals surface area contributed by atoms with Gasteiger partial charge in [0.1, 0.15) is 5.01 Å². The number of halogens is 3. The molecule has 0 saturated carbocycles. The van der Waals surface area contributed by atoms with Crippen molar-refractivity contribution in [3.8, 4) is 11.3 Å². The van der Waals surface area contributed by atoms with E-state index in [1.807, 2.05) is 0 Å². The summed E-state index contributed by atoms with van der Waals surface area (Å²) in [6.45, 7) is 0. The van der Waals surface area contributed by atoms with Gasteiger partial charge >= 0.3 is 0 Å². The fourth-order valence-electron chi connectivity index (χ4n) is 1.16. The Morgan fingerprint density at radius 1 is 1.27 bits per heavy atom. The summed E-state index contributed by atoms with van der Waals surface area (Å²) in [7, 11) is 0. The van der Waals surface area contributed by atoms with E-state index < -0.39 is 11.6 Å². The minimum absolute atomic E-state index is 0.328. The van der Waals surface area contributed by atoms with Crippen LogP contribution in [0.15, 0.2) is 23.6 Å². The first-order valence-corrected chi connectivity index (χ1v) is 5.58. The number of benzene rings is 1. The third-order valence-electron chi connectivity index (χ3n) is 1.88. The number of rotatable bonds is 2. The fraction of sp³-hybridized carbons (Fsp3) is 0.100. The Hall–Kier alpha value is -1.00. The van der Waals surface area contributed by atoms with E-state index >= 15 is 0 Å². The normalized spacial score (nSPS) is 10.6. The van der Waals surface area contributed by atoms with Crippen LogP contribution in [-0.2, 0) is 5.88 Å². The summed E-state index contributed by atoms with van der Waals surface area (Å²) >= 11 is 6.99. The second-order valence-electron chi connectivity index (χ2n) is 2.89. The van der Waals surface area contributed by atoms with Gasteiger partial charge in [0.25, 0.3) is 0 Å². The third-order valence-corrected chi connectivity index (χ3v) is 3.14. The van der Waals surface area contributed by atoms with Crippen LogP contribution in [0.3, 0.4) is 0 Å². The third kappa shape index (κ3) is 2.16. The van der Waals surface area contributed by atoms with Crippen LogP contribution in [0, 0.1) is 11.6 Å². The van der Waals surface area contributed by atoms with Crippen LogP contribution in [0.4, 0.5) is 8.78 Å². The van der Waals surface area contributed by atoms with Crippen molar-refractivity contribution in [3.63, 3.8) is 0 Å². The molecule has 1 aromatic carbocycles. The molecule has 0 unspecified atom stereocenters. The second kappa shape index (κ2) is 4.24. The summed E-state index contributed by atoms with van der Waals surface area (Å²) in [5.74, 6) is -1.39. The summed E-state index contributed by atoms with van der Waals surface area (Å²) in [5.41, 5.74) is 1.18. The van der Waals surface area contributed by atoms with Crippen molar-refractivity contribution >= 4 is 22.9 Å². The van der Waals surface area contributed by atoms with Crippen molar-refractivity contribution in [2.24, 2.45) is 0 Å². The molecule has 0 aliphatic carbocycles. The Balaban J connectivity index is 2.40. The molecule has 1 aromatic heterocycles. The summed E-state index contributed by atoms with van der Waals surface area (Å²) in [6, 6.07) is 3.71. The Bertz CT molecular complexity index is 484. The Morgan fingerprint density at radius 2 is 2.07 bits per heavy atom. The van der Waals surface area contributed by atoms with Crippen LogP contribution in [0.1, 0.15) is 5.01 Å². The van der Waals surface area contributed by atoms with Crippen molar-refractivity contribution in [3.05, 3.63) is 40.2 Å². The van der Waals surface area contributed by atoms with Gasteiger partial charge in [-0.1, -0.05) is 0 Å². The first-order valence-electron chi connectivity index (χ1n) is 4.16. The maximum atomic E-state index is 12.9. The Kier molecular flexibility index (Phi) is 2.98. The van der Waals surface area contributed by atoms with Crippen molar-refractivity contribution in [1.82, 2.24) is 4.98 Å². The molecule has 78 valence electrons. The first-order chi connectivity index (χ1) is 7.20. The summed E-state index contributed by atoms with van der Waals surface area (Å²) in [4.78, 5) is 4.17. The van der Waals surface area contributed by atoms with Crippen LogP contribution in [-0.4, -0.2) is 4.98 Å². The van der Waals surface area contributed by atoms with Gasteiger partial charge < -0.3 is 0 Å². The number of nitrogens with zero attached hydrogens (tertiary/aromatic N) is 1. The highest BCUT2D eigenvalue weighted by Gasteiger charge is 2.07. The average Bonchev–Trinajstić information content (AvgIpc) is 2.70. The number of thiazole rings is 1. The van der Waals surface area contributed by atoms with Crippen molar-refractivity contribution in [1.29, 1.82) is 0 Å². The number of hydrogen-bond acceptors (Lipinski definition) is 2. The van der Waals surface area contributed by atoms with Gasteiger partial charge in [0.2, 0.25) is 0 Å². The molecular formula is C10H6ClF2NS. The molecule has 0 aliphatic heterocycles. The van der Waals surface area contributed by atoms with Gasteiger partial charge in [-0.3, -0.25) is 0 Å². The lowest BCUT2D eigenvalue weighted by molar-refractivity contribution is 0.509. The molecule has 0 fully saturated rings. The largest absolute Gasteiger partial charge is 0.240 e. The minimum Gasteiger partial charge on any atom is -0.240 e. The van der Waals surface area contributed by atoms with Gasteiger partial charge in [-0.25, -0.2) is 13.8 Å². The molecule has 1 nitrogen and oxygen atoms in total. The zero-order valence-corrected chi connectivity index (χ0v) is 9.08. The lowest BCUT2D eigenvalue weighted by Gasteiger charge is -1.97. The van der Waals surface area contributed by atoms with Gasteiger partial charge in [-0.05, 0) is 18.2 Å². The van der Waals surface area contributed by atoms with Gasteiger partial charge in [-0.2, -0.15) is 0 Å². The van der Waals surface area contributed by atoms with E-state index in [1.54, 1.807) is 5.38 Å². The Morgan fingerprint density at radius 3 is 2.67 bits per heavy atom. The predicted octanol–water partition coefficient (Wildman–Crippen LogP) is 3.83. The summed E-state index contributed by atoms with van der Waals surface area (Å²) < 4.78 is 25.6. The van der Waals surface area contributed by atoms with Crippen molar-refractivity contribution in [2.75, 3.05) is 0 Å². The van der Waals surface area contributed by atoms with Gasteiger partial charge in [0.15, 0.2) is 11.6 Å². The van der Waals surface area contributed by atoms with Crippen LogP contribution in [0.2, 0.25) is 0 Å². The number of alkyl halides is 1. The van der Waals surface area contributed by atoms with E-state index in [0.717, 1.165) is 17.1 Å². The lowest BCUT2D eigenvalue weighted by atomic mass is 10.2. The standard InChI is InChI=1S/C10H6ClF2NS/c11-4-10-14-9(5-15-10)6-1-2-7(12)8(13)3-6/h1-3,5H,4H2. The molecule has 0 atom stereocenters. The van der Waals surface area contributed by atoms with Crippen LogP contribution >= 0.6 is 22.9 Å². The van der Waals surface area contributed by atoms with E-state index in [2.05, 4.69) is 4.98 Å². The molecule has 2 aromatic rings. The lowest BCUT2D eigenvalue weighted by Crippen LogP contribution is -1.85. The second-order valence-corrected chi connectivity index (χ2v) is 4.10. The summed E-state index contributed by atoms with van der Waals surface area (Å²) in [6.07, 6.45) is 0. The van der Waals surface area contributed by atoms with Gasteiger partial charge in [0, 0.05) is 10.9 Å². The zero-order valence-electron chi connectivity index (χ0n) is 7.51. The molecule has 15 heavy (non-hydrogen) atoms. The van der Waals surface area contributed by atoms with Crippen LogP contribution in [0.25, 0.3) is 11.3 Å². The zero-order chi connectivity index (χ0) is 10.8. The molecule has 0 saturated heterocycles. The maximum absolute atomic E-state index is 12.9. The SMILES string of the molecule is Fc1ccc(-c2csc(CCl)n2)cc1F. The number of aromatic nitrogens is 1. The maximum Gasteiger partial charge on any atom is 0.159 e. The fourth-order valence-corrected chi connectivity index (χ4v) is 2.06. The monoisotopic (exact) mass is 245 g/mol. The van der Waals surface area contributed by atoms with Gasteiger partial charge in [-0.15, -0.1) is 22.9 Å². The molecule has 5 heteroatoms. The van der Waals surface area contributed by atoms with Crippen LogP contribution in [0.5, 0.6) is 0 Å². The highest BCUT2D eigenvalue weighted by Crippen LogP contribution is 2.24. The van der Waals surface area contributed by atoms with Gasteiger partial charge in [0.05, 0.1) is 11.6 Å². The number of hydrogen-bond donors (Lipinski definition) is 0. The van der Waals surface area contributed by atoms with E-state index in [4.69, 9.17) is 11.6 Å². The molecule has 0 N–H and O–H groups in total. The van der Waals surface area contributed by atoms with E-state index in [0.29, 0.717) is 17.1 Å². The van der Waals surface area contributed by atoms with E-state index in [1.165, 1.54) is 17.4 Å². The minimum atomic E-state index is -0.868. The molecule has 0 radical (unpaired) electrons. The molecule has 0 amide bonds. The highest BCUT2D eigenvalue weighted by molar-refractivity contribution is 7.10. The Labute approximate surface area is 94.3 Å². The van der Waals surface area contributed by atoms with Crippen molar-refractivity contribution in [2.45, 2.75) is 5.88 Å². The van der Waals surface area contributed by atoms with E-state index in [-0.39, 0.29) is 0 Å². The van der Waals surface area contributed by atoms with Crippen molar-refractivity contribution < 1.29 is 8.78 Å². The highest BCUT2D eigenvalue weighted by atomic mass is 35.5. The van der Waals surface area contributed by atoms with Crippen LogP contribution < -0.4 is 0 Å². The molecule has 0 spiro atoms. The molecular weight excluding hydrogens is 240 g/mol. The predicted molar refractivity (Wildman–Crippen MR) is 57.0 cm³/mol. The average molecular weight is 246 g/mol. The molecule has 2 rings (SSSR count). The smallest absolute Gasteiger partial charge is 0.159 e. The first kappa shape index (κ1) is 10.5.